The van der Waals surface area contributed by atoms with Gasteiger partial charge in [0.05, 0.1) is 5.56 Å². The largest absolute Gasteiger partial charge is 0.380 e. The summed E-state index contributed by atoms with van der Waals surface area (Å²) in [4.78, 5) is 16.3. The van der Waals surface area contributed by atoms with E-state index < -0.39 is 11.8 Å². The Morgan fingerprint density at radius 3 is 2.45 bits per heavy atom. The molecule has 102 valence electrons. The van der Waals surface area contributed by atoms with E-state index in [2.05, 4.69) is 25.9 Å². The number of nitrogens with zero attached hydrogens (tertiary/aromatic N) is 1. The summed E-state index contributed by atoms with van der Waals surface area (Å²) in [5.74, 6) is -1.54. The van der Waals surface area contributed by atoms with Gasteiger partial charge in [-0.15, -0.1) is 0 Å². The first-order valence-electron chi connectivity index (χ1n) is 5.63. The van der Waals surface area contributed by atoms with Crippen LogP contribution in [0, 0.1) is 5.82 Å². The maximum absolute atomic E-state index is 13.3. The van der Waals surface area contributed by atoms with Crippen LogP contribution in [0.15, 0.2) is 58.2 Å². The van der Waals surface area contributed by atoms with Gasteiger partial charge in [0.15, 0.2) is 5.84 Å². The van der Waals surface area contributed by atoms with Crippen LogP contribution >= 0.6 is 15.9 Å². The molecule has 6 heteroatoms. The highest BCUT2D eigenvalue weighted by Gasteiger charge is 2.12. The van der Waals surface area contributed by atoms with Crippen molar-refractivity contribution in [2.75, 3.05) is 0 Å². The van der Waals surface area contributed by atoms with E-state index >= 15 is 0 Å². The normalized spacial score (nSPS) is 11.2. The fourth-order valence-electron chi connectivity index (χ4n) is 1.44. The molecule has 4 nitrogen and oxygen atoms in total. The van der Waals surface area contributed by atoms with E-state index in [0.29, 0.717) is 5.56 Å². The zero-order valence-corrected chi connectivity index (χ0v) is 11.8. The number of carbonyl (C=O) groups is 1. The van der Waals surface area contributed by atoms with Crippen molar-refractivity contribution in [2.24, 2.45) is 10.9 Å². The van der Waals surface area contributed by atoms with Gasteiger partial charge >= 0.3 is 5.97 Å². The second kappa shape index (κ2) is 6.29. The number of hydrogen-bond donors (Lipinski definition) is 1. The molecule has 2 rings (SSSR count). The number of benzene rings is 2. The Hall–Kier alpha value is -2.21. The molecule has 0 fully saturated rings. The summed E-state index contributed by atoms with van der Waals surface area (Å²) in [6, 6.07) is 12.4. The minimum Gasteiger partial charge on any atom is -0.380 e. The molecule has 0 aliphatic rings. The summed E-state index contributed by atoms with van der Waals surface area (Å²) in [5.41, 5.74) is 6.07. The van der Waals surface area contributed by atoms with E-state index in [1.807, 2.05) is 0 Å². The first-order chi connectivity index (χ1) is 9.58. The Morgan fingerprint density at radius 2 is 1.80 bits per heavy atom. The van der Waals surface area contributed by atoms with Crippen LogP contribution in [0.2, 0.25) is 0 Å². The molecular weight excluding hydrogens is 327 g/mol. The summed E-state index contributed by atoms with van der Waals surface area (Å²) in [5, 5.41) is 3.50. The highest BCUT2D eigenvalue weighted by atomic mass is 79.9. The number of amidine groups is 1. The van der Waals surface area contributed by atoms with Gasteiger partial charge in [-0.1, -0.05) is 45.4 Å². The van der Waals surface area contributed by atoms with Crippen LogP contribution in [0.1, 0.15) is 15.9 Å². The highest BCUT2D eigenvalue weighted by molar-refractivity contribution is 9.10. The molecule has 0 bridgehead atoms. The fraction of sp³-hybridized carbons (Fsp3) is 0. The van der Waals surface area contributed by atoms with Crippen LogP contribution in [-0.4, -0.2) is 11.8 Å². The molecule has 0 spiro atoms. The predicted octanol–water partition coefficient (Wildman–Crippen LogP) is 3.07. The van der Waals surface area contributed by atoms with Gasteiger partial charge in [-0.3, -0.25) is 0 Å². The van der Waals surface area contributed by atoms with Crippen molar-refractivity contribution >= 4 is 27.7 Å². The lowest BCUT2D eigenvalue weighted by atomic mass is 10.2. The van der Waals surface area contributed by atoms with Crippen LogP contribution in [-0.2, 0) is 4.84 Å². The summed E-state index contributed by atoms with van der Waals surface area (Å²) in [7, 11) is 0. The molecule has 0 aliphatic heterocycles. The number of nitrogens with two attached hydrogens (primary N) is 1. The number of rotatable bonds is 3. The summed E-state index contributed by atoms with van der Waals surface area (Å²) >= 11 is 3.29. The van der Waals surface area contributed by atoms with Crippen LogP contribution in [0.5, 0.6) is 0 Å². The van der Waals surface area contributed by atoms with E-state index in [-0.39, 0.29) is 11.4 Å². The van der Waals surface area contributed by atoms with Gasteiger partial charge in [-0.2, -0.15) is 0 Å². The molecule has 0 aliphatic carbocycles. The van der Waals surface area contributed by atoms with Gasteiger partial charge < -0.3 is 10.6 Å². The average Bonchev–Trinajstić information content (AvgIpc) is 2.45. The van der Waals surface area contributed by atoms with E-state index in [9.17, 15) is 9.18 Å². The lowest BCUT2D eigenvalue weighted by Gasteiger charge is -2.02. The summed E-state index contributed by atoms with van der Waals surface area (Å²) < 4.78 is 14.2. The smallest absolute Gasteiger partial charge is 0.368 e. The van der Waals surface area contributed by atoms with E-state index in [1.54, 1.807) is 24.3 Å². The molecule has 0 heterocycles. The van der Waals surface area contributed by atoms with E-state index in [0.717, 1.165) is 4.47 Å². The van der Waals surface area contributed by atoms with Crippen molar-refractivity contribution in [1.29, 1.82) is 0 Å². The SMILES string of the molecule is NC(=NOC(=O)c1ccccc1F)c1ccc(Br)cc1. The molecule has 0 saturated heterocycles. The van der Waals surface area contributed by atoms with Crippen LogP contribution in [0.25, 0.3) is 0 Å². The standard InChI is InChI=1S/C14H10BrFN2O2/c15-10-7-5-9(6-8-10)13(17)18-20-14(19)11-3-1-2-4-12(11)16/h1-8H,(H2,17,18). The Labute approximate surface area is 123 Å². The maximum atomic E-state index is 13.3. The van der Waals surface area contributed by atoms with Crippen molar-refractivity contribution in [3.05, 3.63) is 69.9 Å². The third-order valence-corrected chi connectivity index (χ3v) is 2.99. The maximum Gasteiger partial charge on any atom is 0.368 e. The zero-order chi connectivity index (χ0) is 14.5. The minimum absolute atomic E-state index is 0.0298. The van der Waals surface area contributed by atoms with Gasteiger partial charge in [0, 0.05) is 10.0 Å². The zero-order valence-electron chi connectivity index (χ0n) is 10.2. The number of hydrogen-bond acceptors (Lipinski definition) is 3. The van der Waals surface area contributed by atoms with Gasteiger partial charge in [-0.25, -0.2) is 9.18 Å². The number of halogens is 2. The summed E-state index contributed by atoms with van der Waals surface area (Å²) in [6.07, 6.45) is 0. The van der Waals surface area contributed by atoms with Crippen LogP contribution in [0.4, 0.5) is 4.39 Å². The van der Waals surface area contributed by atoms with Crippen molar-refractivity contribution in [3.63, 3.8) is 0 Å². The molecule has 0 radical (unpaired) electrons. The summed E-state index contributed by atoms with van der Waals surface area (Å²) in [6.45, 7) is 0. The number of oxime groups is 1. The Morgan fingerprint density at radius 1 is 1.15 bits per heavy atom. The molecule has 2 N–H and O–H groups in total. The predicted molar refractivity (Wildman–Crippen MR) is 76.7 cm³/mol. The van der Waals surface area contributed by atoms with Crippen LogP contribution in [0.3, 0.4) is 0 Å². The first-order valence-corrected chi connectivity index (χ1v) is 6.42. The third kappa shape index (κ3) is 3.42. The molecule has 2 aromatic rings. The minimum atomic E-state index is -0.900. The molecule has 0 saturated carbocycles. The molecule has 0 atom stereocenters. The van der Waals surface area contributed by atoms with Crippen molar-refractivity contribution in [3.8, 4) is 0 Å². The molecule has 0 unspecified atom stereocenters. The molecule has 0 amide bonds. The van der Waals surface area contributed by atoms with E-state index in [4.69, 9.17) is 5.73 Å². The topological polar surface area (TPSA) is 64.7 Å². The molecular formula is C14H10BrFN2O2. The second-order valence-electron chi connectivity index (χ2n) is 3.84. The van der Waals surface area contributed by atoms with Crippen molar-refractivity contribution < 1.29 is 14.0 Å². The van der Waals surface area contributed by atoms with Gasteiger partial charge in [0.25, 0.3) is 0 Å². The Kier molecular flexibility index (Phi) is 4.47. The van der Waals surface area contributed by atoms with Crippen LogP contribution < -0.4 is 5.73 Å². The van der Waals surface area contributed by atoms with Crippen molar-refractivity contribution in [1.82, 2.24) is 0 Å². The van der Waals surface area contributed by atoms with Crippen molar-refractivity contribution in [2.45, 2.75) is 0 Å². The fourth-order valence-corrected chi connectivity index (χ4v) is 1.70. The Balaban J connectivity index is 2.11. The van der Waals surface area contributed by atoms with Gasteiger partial charge in [-0.05, 0) is 24.3 Å². The highest BCUT2D eigenvalue weighted by Crippen LogP contribution is 2.11. The lowest BCUT2D eigenvalue weighted by Crippen LogP contribution is -2.15. The molecule has 20 heavy (non-hydrogen) atoms. The Bertz CT molecular complexity index is 656. The number of carbonyl (C=O) groups excluding carboxylic acids is 1. The third-order valence-electron chi connectivity index (χ3n) is 2.46. The quantitative estimate of drug-likeness (QED) is 0.405. The van der Waals surface area contributed by atoms with Gasteiger partial charge in [0.1, 0.15) is 5.82 Å². The lowest BCUT2D eigenvalue weighted by molar-refractivity contribution is 0.0510. The van der Waals surface area contributed by atoms with Gasteiger partial charge in [0.2, 0.25) is 0 Å². The second-order valence-corrected chi connectivity index (χ2v) is 4.76. The molecule has 0 aromatic heterocycles. The average molecular weight is 337 g/mol. The van der Waals surface area contributed by atoms with E-state index in [1.165, 1.54) is 24.3 Å². The first kappa shape index (κ1) is 14.2. The molecule has 2 aromatic carbocycles. The monoisotopic (exact) mass is 336 g/mol.